The van der Waals surface area contributed by atoms with Gasteiger partial charge in [0.05, 0.1) is 5.69 Å². The van der Waals surface area contributed by atoms with E-state index in [2.05, 4.69) is 34.5 Å². The molecule has 2 aromatic carbocycles. The van der Waals surface area contributed by atoms with Gasteiger partial charge in [0.2, 0.25) is 0 Å². The summed E-state index contributed by atoms with van der Waals surface area (Å²) in [6.45, 7) is 3.99. The van der Waals surface area contributed by atoms with E-state index in [1.54, 1.807) is 23.5 Å². The van der Waals surface area contributed by atoms with Crippen molar-refractivity contribution in [2.45, 2.75) is 6.42 Å². The van der Waals surface area contributed by atoms with Crippen molar-refractivity contribution < 1.29 is 5.11 Å². The molecule has 1 aliphatic rings. The van der Waals surface area contributed by atoms with Gasteiger partial charge in [-0.05, 0) is 29.8 Å². The van der Waals surface area contributed by atoms with Crippen molar-refractivity contribution >= 4 is 16.5 Å². The maximum atomic E-state index is 9.58. The van der Waals surface area contributed by atoms with Gasteiger partial charge in [-0.15, -0.1) is 11.3 Å². The average molecular weight is 351 g/mol. The van der Waals surface area contributed by atoms with Crippen LogP contribution in [-0.4, -0.2) is 36.3 Å². The van der Waals surface area contributed by atoms with E-state index in [4.69, 9.17) is 4.98 Å². The number of benzene rings is 2. The number of piperazine rings is 1. The number of thiazole rings is 1. The monoisotopic (exact) mass is 351 g/mol. The van der Waals surface area contributed by atoms with Gasteiger partial charge >= 0.3 is 0 Å². The second-order valence-electron chi connectivity index (χ2n) is 6.21. The van der Waals surface area contributed by atoms with Crippen molar-refractivity contribution in [1.29, 1.82) is 0 Å². The molecule has 3 aromatic rings. The van der Waals surface area contributed by atoms with Gasteiger partial charge in [-0.25, -0.2) is 4.98 Å². The highest BCUT2D eigenvalue weighted by Crippen LogP contribution is 2.35. The van der Waals surface area contributed by atoms with E-state index < -0.39 is 0 Å². The predicted molar refractivity (Wildman–Crippen MR) is 104 cm³/mol. The fraction of sp³-hybridized carbons (Fsp3) is 0.250. The molecule has 25 heavy (non-hydrogen) atoms. The summed E-state index contributed by atoms with van der Waals surface area (Å²) in [7, 11) is 0. The zero-order chi connectivity index (χ0) is 17.1. The lowest BCUT2D eigenvalue weighted by Gasteiger charge is -2.26. The summed E-state index contributed by atoms with van der Waals surface area (Å²) >= 11 is 1.78. The Morgan fingerprint density at radius 1 is 1.00 bits per heavy atom. The highest BCUT2D eigenvalue weighted by molar-refractivity contribution is 7.16. The normalized spacial score (nSPS) is 14.6. The molecule has 0 unspecified atom stereocenters. The van der Waals surface area contributed by atoms with Crippen LogP contribution in [0.5, 0.6) is 5.75 Å². The second kappa shape index (κ2) is 7.25. The van der Waals surface area contributed by atoms with Crippen molar-refractivity contribution in [3.8, 4) is 17.0 Å². The molecule has 128 valence electrons. The van der Waals surface area contributed by atoms with Crippen LogP contribution in [0.25, 0.3) is 11.3 Å². The Balaban J connectivity index is 1.71. The van der Waals surface area contributed by atoms with Gasteiger partial charge in [0.25, 0.3) is 0 Å². The first-order valence-corrected chi connectivity index (χ1v) is 9.40. The van der Waals surface area contributed by atoms with Crippen molar-refractivity contribution in [3.05, 3.63) is 65.0 Å². The molecule has 1 fully saturated rings. The number of aromatic hydroxyl groups is 1. The zero-order valence-electron chi connectivity index (χ0n) is 14.0. The molecule has 1 aromatic heterocycles. The molecule has 0 radical (unpaired) electrons. The van der Waals surface area contributed by atoms with Crippen LogP contribution in [0.1, 0.15) is 10.4 Å². The Morgan fingerprint density at radius 3 is 2.44 bits per heavy atom. The number of aromatic nitrogens is 1. The van der Waals surface area contributed by atoms with Crippen LogP contribution in [0.4, 0.5) is 5.13 Å². The summed E-state index contributed by atoms with van der Waals surface area (Å²) in [5.74, 6) is 0.283. The van der Waals surface area contributed by atoms with Crippen molar-refractivity contribution in [2.75, 3.05) is 31.1 Å². The summed E-state index contributed by atoms with van der Waals surface area (Å²) in [5, 5.41) is 14.1. The van der Waals surface area contributed by atoms with E-state index in [-0.39, 0.29) is 5.75 Å². The lowest BCUT2D eigenvalue weighted by atomic mass is 10.1. The van der Waals surface area contributed by atoms with E-state index in [9.17, 15) is 5.11 Å². The first-order chi connectivity index (χ1) is 12.3. The van der Waals surface area contributed by atoms with Crippen LogP contribution >= 0.6 is 11.3 Å². The second-order valence-corrected chi connectivity index (χ2v) is 7.28. The standard InChI is InChI=1S/C20H21N3OS/c24-17-8-6-16(7-9-17)19-18(14-15-4-2-1-3-5-15)25-20(22-19)23-12-10-21-11-13-23/h1-9,21,24H,10-14H2. The molecule has 1 aliphatic heterocycles. The maximum absolute atomic E-state index is 9.58. The van der Waals surface area contributed by atoms with E-state index in [0.29, 0.717) is 0 Å². The van der Waals surface area contributed by atoms with E-state index in [1.165, 1.54) is 10.4 Å². The zero-order valence-corrected chi connectivity index (χ0v) is 14.8. The van der Waals surface area contributed by atoms with Crippen LogP contribution in [0.3, 0.4) is 0 Å². The van der Waals surface area contributed by atoms with Crippen molar-refractivity contribution in [2.24, 2.45) is 0 Å². The van der Waals surface area contributed by atoms with Crippen molar-refractivity contribution in [1.82, 2.24) is 10.3 Å². The lowest BCUT2D eigenvalue weighted by molar-refractivity contribution is 0.475. The Bertz CT molecular complexity index is 824. The van der Waals surface area contributed by atoms with Gasteiger partial charge in [-0.2, -0.15) is 0 Å². The molecule has 4 nitrogen and oxygen atoms in total. The smallest absolute Gasteiger partial charge is 0.186 e. The van der Waals surface area contributed by atoms with Crippen LogP contribution in [0, 0.1) is 0 Å². The molecule has 5 heteroatoms. The topological polar surface area (TPSA) is 48.4 Å². The fourth-order valence-electron chi connectivity index (χ4n) is 3.08. The molecule has 2 N–H and O–H groups in total. The first kappa shape index (κ1) is 16.1. The molecule has 4 rings (SSSR count). The highest BCUT2D eigenvalue weighted by Gasteiger charge is 2.19. The Hall–Kier alpha value is -2.37. The van der Waals surface area contributed by atoms with Gasteiger partial charge in [0.15, 0.2) is 5.13 Å². The van der Waals surface area contributed by atoms with Gasteiger partial charge in [-0.1, -0.05) is 30.3 Å². The minimum atomic E-state index is 0.283. The van der Waals surface area contributed by atoms with Crippen molar-refractivity contribution in [3.63, 3.8) is 0 Å². The summed E-state index contributed by atoms with van der Waals surface area (Å²) in [6, 6.07) is 17.9. The minimum absolute atomic E-state index is 0.283. The summed E-state index contributed by atoms with van der Waals surface area (Å²) in [6.07, 6.45) is 0.876. The lowest BCUT2D eigenvalue weighted by Crippen LogP contribution is -2.43. The summed E-state index contributed by atoms with van der Waals surface area (Å²) in [5.41, 5.74) is 3.38. The van der Waals surface area contributed by atoms with Gasteiger partial charge in [0.1, 0.15) is 5.75 Å². The van der Waals surface area contributed by atoms with Crippen LogP contribution in [-0.2, 0) is 6.42 Å². The minimum Gasteiger partial charge on any atom is -0.508 e. The number of hydrogen-bond donors (Lipinski definition) is 2. The summed E-state index contributed by atoms with van der Waals surface area (Å²) < 4.78 is 0. The Morgan fingerprint density at radius 2 is 1.72 bits per heavy atom. The van der Waals surface area contributed by atoms with Gasteiger partial charge < -0.3 is 15.3 Å². The first-order valence-electron chi connectivity index (χ1n) is 8.58. The molecule has 0 spiro atoms. The Kier molecular flexibility index (Phi) is 4.68. The van der Waals surface area contributed by atoms with Crippen LogP contribution in [0.15, 0.2) is 54.6 Å². The number of nitrogens with one attached hydrogen (secondary N) is 1. The number of anilines is 1. The summed E-state index contributed by atoms with van der Waals surface area (Å²) in [4.78, 5) is 8.59. The molecule has 0 atom stereocenters. The molecule has 0 amide bonds. The third-order valence-corrected chi connectivity index (χ3v) is 5.54. The molecule has 2 heterocycles. The SMILES string of the molecule is Oc1ccc(-c2nc(N3CCNCC3)sc2Cc2ccccc2)cc1. The largest absolute Gasteiger partial charge is 0.508 e. The number of hydrogen-bond acceptors (Lipinski definition) is 5. The van der Waals surface area contributed by atoms with Crippen LogP contribution < -0.4 is 10.2 Å². The molecule has 0 aliphatic carbocycles. The molecular weight excluding hydrogens is 330 g/mol. The highest BCUT2D eigenvalue weighted by atomic mass is 32.1. The van der Waals surface area contributed by atoms with Gasteiger partial charge in [0, 0.05) is 43.0 Å². The van der Waals surface area contributed by atoms with Gasteiger partial charge in [-0.3, -0.25) is 0 Å². The molecular formula is C20H21N3OS. The number of phenols is 1. The molecule has 0 saturated carbocycles. The number of phenolic OH excluding ortho intramolecular Hbond substituents is 1. The van der Waals surface area contributed by atoms with E-state index >= 15 is 0 Å². The number of rotatable bonds is 4. The predicted octanol–water partition coefficient (Wildman–Crippen LogP) is 3.52. The maximum Gasteiger partial charge on any atom is 0.186 e. The quantitative estimate of drug-likeness (QED) is 0.755. The van der Waals surface area contributed by atoms with E-state index in [1.807, 2.05) is 18.2 Å². The third-order valence-electron chi connectivity index (χ3n) is 4.42. The van der Waals surface area contributed by atoms with E-state index in [0.717, 1.165) is 49.0 Å². The number of nitrogens with zero attached hydrogens (tertiary/aromatic N) is 2. The Labute approximate surface area is 151 Å². The third kappa shape index (κ3) is 3.67. The fourth-order valence-corrected chi connectivity index (χ4v) is 4.24. The van der Waals surface area contributed by atoms with Crippen LogP contribution in [0.2, 0.25) is 0 Å². The molecule has 0 bridgehead atoms. The molecule has 1 saturated heterocycles. The average Bonchev–Trinajstić information content (AvgIpc) is 3.08.